The zero-order chi connectivity index (χ0) is 23.1. The summed E-state index contributed by atoms with van der Waals surface area (Å²) < 4.78 is 16.5. The van der Waals surface area contributed by atoms with Gasteiger partial charge in [0, 0.05) is 19.3 Å². The van der Waals surface area contributed by atoms with Crippen LogP contribution in [-0.2, 0) is 30.3 Å². The molecule has 3 aliphatic rings. The number of ketones is 1. The van der Waals surface area contributed by atoms with Crippen molar-refractivity contribution in [1.82, 2.24) is 0 Å². The Bertz CT molecular complexity index is 979. The molecule has 6 heteroatoms. The number of aryl methyl sites for hydroxylation is 1. The average molecular weight is 441 g/mol. The molecule has 4 rings (SSSR count). The molecule has 1 saturated carbocycles. The van der Waals surface area contributed by atoms with E-state index in [4.69, 9.17) is 14.2 Å². The van der Waals surface area contributed by atoms with Gasteiger partial charge in [0.2, 0.25) is 0 Å². The van der Waals surface area contributed by atoms with Gasteiger partial charge in [0.05, 0.1) is 0 Å². The fraction of sp³-hybridized carbons (Fsp3) is 0.577. The highest BCUT2D eigenvalue weighted by Crippen LogP contribution is 2.63. The number of hydrogen-bond acceptors (Lipinski definition) is 6. The van der Waals surface area contributed by atoms with E-state index in [1.165, 1.54) is 30.5 Å². The molecule has 0 heterocycles. The van der Waals surface area contributed by atoms with Crippen molar-refractivity contribution >= 4 is 23.3 Å². The van der Waals surface area contributed by atoms with Crippen LogP contribution in [0.15, 0.2) is 24.3 Å². The van der Waals surface area contributed by atoms with Crippen molar-refractivity contribution < 1.29 is 28.6 Å². The van der Waals surface area contributed by atoms with Crippen LogP contribution in [0.5, 0.6) is 5.75 Å². The van der Waals surface area contributed by atoms with Gasteiger partial charge in [-0.3, -0.25) is 14.4 Å². The van der Waals surface area contributed by atoms with Crippen LogP contribution >= 0.6 is 0 Å². The Labute approximate surface area is 189 Å². The van der Waals surface area contributed by atoms with Crippen LogP contribution in [0.25, 0.3) is 5.57 Å². The standard InChI is InChI=1S/C26H32O6/c1-16(27)26(32-18(3)29)12-10-24-23-7-5-19-15-20(31-14-13-30-17(2)28)6-8-21(19)22(23)9-11-25(24,26)4/h6,8-9,15,23-24H,5,7,10-14H2,1-4H3/t23?,24?,25-,26-/m0/s1. The molecule has 2 unspecified atom stereocenters. The number of carbonyl (C=O) groups excluding carboxylic acids is 3. The Hall–Kier alpha value is -2.63. The summed E-state index contributed by atoms with van der Waals surface area (Å²) in [6.45, 7) is 7.05. The highest BCUT2D eigenvalue weighted by molar-refractivity contribution is 5.89. The maximum atomic E-state index is 12.8. The Morgan fingerprint density at radius 3 is 2.53 bits per heavy atom. The fourth-order valence-corrected chi connectivity index (χ4v) is 6.45. The van der Waals surface area contributed by atoms with Crippen LogP contribution in [0, 0.1) is 17.3 Å². The molecule has 0 bridgehead atoms. The van der Waals surface area contributed by atoms with E-state index in [2.05, 4.69) is 25.1 Å². The van der Waals surface area contributed by atoms with E-state index in [0.717, 1.165) is 31.4 Å². The first-order valence-corrected chi connectivity index (χ1v) is 11.5. The van der Waals surface area contributed by atoms with Gasteiger partial charge in [-0.05, 0) is 79.7 Å². The van der Waals surface area contributed by atoms with Crippen LogP contribution in [0.3, 0.4) is 0 Å². The molecule has 1 aromatic rings. The Morgan fingerprint density at radius 2 is 1.84 bits per heavy atom. The Kier molecular flexibility index (Phi) is 5.91. The molecule has 0 radical (unpaired) electrons. The summed E-state index contributed by atoms with van der Waals surface area (Å²) >= 11 is 0. The first kappa shape index (κ1) is 22.6. The van der Waals surface area contributed by atoms with Crippen molar-refractivity contribution in [2.75, 3.05) is 13.2 Å². The van der Waals surface area contributed by atoms with E-state index in [9.17, 15) is 14.4 Å². The summed E-state index contributed by atoms with van der Waals surface area (Å²) in [5.41, 5.74) is 2.46. The molecular formula is C26H32O6. The molecule has 0 spiro atoms. The van der Waals surface area contributed by atoms with Gasteiger partial charge in [-0.15, -0.1) is 0 Å². The monoisotopic (exact) mass is 440 g/mol. The molecule has 0 aliphatic heterocycles. The molecule has 4 atom stereocenters. The topological polar surface area (TPSA) is 78.9 Å². The highest BCUT2D eigenvalue weighted by Gasteiger charge is 2.65. The first-order valence-electron chi connectivity index (χ1n) is 11.5. The third-order valence-electron chi connectivity index (χ3n) is 7.84. The highest BCUT2D eigenvalue weighted by atomic mass is 16.6. The van der Waals surface area contributed by atoms with Crippen LogP contribution in [0.1, 0.15) is 64.5 Å². The van der Waals surface area contributed by atoms with E-state index < -0.39 is 5.60 Å². The second-order valence-electron chi connectivity index (χ2n) is 9.56. The van der Waals surface area contributed by atoms with Gasteiger partial charge in [-0.1, -0.05) is 19.1 Å². The predicted molar refractivity (Wildman–Crippen MR) is 119 cm³/mol. The third kappa shape index (κ3) is 3.63. The second-order valence-corrected chi connectivity index (χ2v) is 9.56. The molecular weight excluding hydrogens is 408 g/mol. The first-order chi connectivity index (χ1) is 15.2. The summed E-state index contributed by atoms with van der Waals surface area (Å²) in [6.07, 6.45) is 6.42. The minimum atomic E-state index is -1.02. The molecule has 3 aliphatic carbocycles. The summed E-state index contributed by atoms with van der Waals surface area (Å²) in [5.74, 6) is 0.707. The zero-order valence-electron chi connectivity index (χ0n) is 19.4. The molecule has 32 heavy (non-hydrogen) atoms. The maximum absolute atomic E-state index is 12.8. The van der Waals surface area contributed by atoms with E-state index in [-0.39, 0.29) is 29.7 Å². The quantitative estimate of drug-likeness (QED) is 0.485. The normalized spacial score (nSPS) is 30.3. The van der Waals surface area contributed by atoms with E-state index in [1.807, 2.05) is 6.07 Å². The lowest BCUT2D eigenvalue weighted by atomic mass is 9.56. The van der Waals surface area contributed by atoms with Gasteiger partial charge in [0.15, 0.2) is 11.4 Å². The van der Waals surface area contributed by atoms with E-state index >= 15 is 0 Å². The molecule has 6 nitrogen and oxygen atoms in total. The molecule has 0 saturated heterocycles. The number of rotatable bonds is 6. The van der Waals surface area contributed by atoms with Crippen LogP contribution in [-0.4, -0.2) is 36.5 Å². The molecule has 1 fully saturated rings. The minimum Gasteiger partial charge on any atom is -0.490 e. The second kappa shape index (κ2) is 8.38. The summed E-state index contributed by atoms with van der Waals surface area (Å²) in [6, 6.07) is 6.18. The number of fused-ring (bicyclic) bond motifs is 5. The van der Waals surface area contributed by atoms with Gasteiger partial charge in [-0.25, -0.2) is 0 Å². The molecule has 0 amide bonds. The number of hydrogen-bond donors (Lipinski definition) is 0. The van der Waals surface area contributed by atoms with Crippen LogP contribution in [0.2, 0.25) is 0 Å². The number of benzene rings is 1. The Balaban J connectivity index is 1.58. The average Bonchev–Trinajstić information content (AvgIpc) is 3.03. The number of ether oxygens (including phenoxy) is 3. The molecule has 1 aromatic carbocycles. The fourth-order valence-electron chi connectivity index (χ4n) is 6.45. The van der Waals surface area contributed by atoms with Gasteiger partial charge in [-0.2, -0.15) is 0 Å². The Morgan fingerprint density at radius 1 is 1.06 bits per heavy atom. The summed E-state index contributed by atoms with van der Waals surface area (Å²) in [4.78, 5) is 35.6. The minimum absolute atomic E-state index is 0.0405. The third-order valence-corrected chi connectivity index (χ3v) is 7.84. The van der Waals surface area contributed by atoms with Crippen molar-refractivity contribution in [2.24, 2.45) is 17.3 Å². The lowest BCUT2D eigenvalue weighted by Crippen LogP contribution is -2.55. The SMILES string of the molecule is CC(=O)OCCOc1ccc2c(c1)CCC1C2=CC[C@@]2(C)C1CC[C@]2(OC(C)=O)C(C)=O. The van der Waals surface area contributed by atoms with Gasteiger partial charge in [0.25, 0.3) is 0 Å². The van der Waals surface area contributed by atoms with Crippen molar-refractivity contribution in [3.8, 4) is 5.75 Å². The lowest BCUT2D eigenvalue weighted by Gasteiger charge is -2.50. The van der Waals surface area contributed by atoms with Crippen molar-refractivity contribution in [3.63, 3.8) is 0 Å². The molecule has 0 aromatic heterocycles. The van der Waals surface area contributed by atoms with Crippen molar-refractivity contribution in [2.45, 2.75) is 65.4 Å². The van der Waals surface area contributed by atoms with Crippen molar-refractivity contribution in [1.29, 1.82) is 0 Å². The van der Waals surface area contributed by atoms with E-state index in [0.29, 0.717) is 24.9 Å². The molecule has 0 N–H and O–H groups in total. The van der Waals surface area contributed by atoms with Gasteiger partial charge < -0.3 is 14.2 Å². The van der Waals surface area contributed by atoms with Crippen LogP contribution in [0.4, 0.5) is 0 Å². The number of esters is 2. The molecule has 172 valence electrons. The number of allylic oxidation sites excluding steroid dienone is 2. The smallest absolute Gasteiger partial charge is 0.303 e. The van der Waals surface area contributed by atoms with Crippen molar-refractivity contribution in [3.05, 3.63) is 35.4 Å². The lowest BCUT2D eigenvalue weighted by molar-refractivity contribution is -0.179. The summed E-state index contributed by atoms with van der Waals surface area (Å²) in [7, 11) is 0. The number of Topliss-reactive ketones (excluding diaryl/α,β-unsaturated/α-hetero) is 1. The zero-order valence-corrected chi connectivity index (χ0v) is 19.4. The largest absolute Gasteiger partial charge is 0.490 e. The maximum Gasteiger partial charge on any atom is 0.303 e. The van der Waals surface area contributed by atoms with Gasteiger partial charge >= 0.3 is 11.9 Å². The predicted octanol–water partition coefficient (Wildman–Crippen LogP) is 4.29. The number of carbonyl (C=O) groups is 3. The van der Waals surface area contributed by atoms with E-state index in [1.54, 1.807) is 6.92 Å². The summed E-state index contributed by atoms with van der Waals surface area (Å²) in [5, 5.41) is 0. The van der Waals surface area contributed by atoms with Crippen LogP contribution < -0.4 is 4.74 Å². The van der Waals surface area contributed by atoms with Gasteiger partial charge in [0.1, 0.15) is 19.0 Å².